The Kier molecular flexibility index (Phi) is 4.29. The maximum absolute atomic E-state index is 12.9. The minimum atomic E-state index is -0.976. The monoisotopic (exact) mass is 450 g/mol. The molecule has 2 fully saturated rings. The lowest BCUT2D eigenvalue weighted by atomic mass is 9.52. The van der Waals surface area contributed by atoms with E-state index in [2.05, 4.69) is 11.9 Å². The van der Waals surface area contributed by atoms with Crippen molar-refractivity contribution < 1.29 is 28.7 Å². The predicted molar refractivity (Wildman–Crippen MR) is 115 cm³/mol. The fourth-order valence-corrected chi connectivity index (χ4v) is 6.43. The number of ketones is 1. The molecule has 1 saturated heterocycles. The number of nitro benzene ring substituents is 1. The zero-order valence-electron chi connectivity index (χ0n) is 18.0. The molecule has 33 heavy (non-hydrogen) atoms. The van der Waals surface area contributed by atoms with E-state index >= 15 is 0 Å². The number of Topliss-reactive ketones (excluding diaryl/α,β-unsaturated/α-hetero) is 1. The van der Waals surface area contributed by atoms with E-state index in [4.69, 9.17) is 14.2 Å². The molecule has 0 radical (unpaired) electrons. The van der Waals surface area contributed by atoms with Gasteiger partial charge in [-0.2, -0.15) is 0 Å². The highest BCUT2D eigenvalue weighted by molar-refractivity contribution is 5.89. The summed E-state index contributed by atoms with van der Waals surface area (Å²) in [5.41, 5.74) is 1.70. The Hall–Kier alpha value is -3.46. The summed E-state index contributed by atoms with van der Waals surface area (Å²) in [6.07, 6.45) is 1.54. The summed E-state index contributed by atoms with van der Waals surface area (Å²) in [5.74, 6) is 1.27. The van der Waals surface area contributed by atoms with Gasteiger partial charge in [0.25, 0.3) is 5.69 Å². The van der Waals surface area contributed by atoms with E-state index in [9.17, 15) is 19.7 Å². The average molecular weight is 450 g/mol. The van der Waals surface area contributed by atoms with Gasteiger partial charge in [-0.25, -0.2) is 4.79 Å². The molecule has 0 aromatic heterocycles. The first-order valence-electron chi connectivity index (χ1n) is 11.1. The van der Waals surface area contributed by atoms with Gasteiger partial charge in [0.05, 0.1) is 4.92 Å². The minimum absolute atomic E-state index is 0.107. The standard InChI is InChI=1S/C24H22N2O7/c1-25-11-10-24-16-7-8-18(27)22(24)33-21-19(9-2-13(20(21)24)12-17(16)25)32-23(28)31-15-5-3-14(4-6-15)26(29)30/h2-6,9,16-17,22H,7-8,10-12H2,1H3. The van der Waals surface area contributed by atoms with Gasteiger partial charge >= 0.3 is 6.16 Å². The fraction of sp³-hybridized carbons (Fsp3) is 0.417. The van der Waals surface area contributed by atoms with Crippen LogP contribution in [0.25, 0.3) is 0 Å². The van der Waals surface area contributed by atoms with Crippen LogP contribution in [0.3, 0.4) is 0 Å². The Labute approximate surface area is 189 Å². The number of nitrogens with zero attached hydrogens (tertiary/aromatic N) is 2. The number of carbonyl (C=O) groups is 2. The largest absolute Gasteiger partial charge is 0.519 e. The van der Waals surface area contributed by atoms with Crippen molar-refractivity contribution >= 4 is 17.6 Å². The quantitative estimate of drug-likeness (QED) is 0.303. The topological polar surface area (TPSA) is 108 Å². The second-order valence-electron chi connectivity index (χ2n) is 9.28. The van der Waals surface area contributed by atoms with Crippen molar-refractivity contribution in [3.8, 4) is 17.2 Å². The SMILES string of the molecule is CN1CCC23c4c5ccc(OC(=O)Oc6ccc([N+](=O)[O-])cc6)c4OC2C(=O)CCC3C1C5. The van der Waals surface area contributed by atoms with E-state index in [0.29, 0.717) is 24.1 Å². The Balaban J connectivity index is 1.33. The number of carbonyl (C=O) groups excluding carboxylic acids is 2. The van der Waals surface area contributed by atoms with Gasteiger partial charge in [-0.3, -0.25) is 14.9 Å². The van der Waals surface area contributed by atoms with Crippen LogP contribution >= 0.6 is 0 Å². The van der Waals surface area contributed by atoms with Crippen molar-refractivity contribution in [3.05, 3.63) is 57.6 Å². The molecule has 0 N–H and O–H groups in total. The summed E-state index contributed by atoms with van der Waals surface area (Å²) in [6.45, 7) is 0.889. The molecule has 170 valence electrons. The smallest absolute Gasteiger partial charge is 0.477 e. The molecule has 0 amide bonds. The average Bonchev–Trinajstić information content (AvgIpc) is 3.15. The highest BCUT2D eigenvalue weighted by atomic mass is 16.7. The molecule has 2 heterocycles. The van der Waals surface area contributed by atoms with Crippen molar-refractivity contribution in [2.75, 3.05) is 13.6 Å². The molecule has 9 heteroatoms. The number of piperidine rings is 1. The van der Waals surface area contributed by atoms with Crippen LogP contribution in [-0.4, -0.2) is 47.5 Å². The molecule has 4 atom stereocenters. The van der Waals surface area contributed by atoms with E-state index in [1.54, 1.807) is 6.07 Å². The molecule has 2 aromatic rings. The maximum atomic E-state index is 12.9. The number of likely N-dealkylation sites (N-methyl/N-ethyl adjacent to an activating group) is 1. The van der Waals surface area contributed by atoms with Crippen molar-refractivity contribution in [1.29, 1.82) is 0 Å². The molecule has 9 nitrogen and oxygen atoms in total. The van der Waals surface area contributed by atoms with Crippen molar-refractivity contribution in [2.45, 2.75) is 43.2 Å². The second-order valence-corrected chi connectivity index (χ2v) is 9.28. The van der Waals surface area contributed by atoms with Crippen LogP contribution in [0.1, 0.15) is 30.4 Å². The highest BCUT2D eigenvalue weighted by Crippen LogP contribution is 2.63. The number of non-ortho nitro benzene ring substituents is 1. The van der Waals surface area contributed by atoms with Crippen LogP contribution < -0.4 is 14.2 Å². The van der Waals surface area contributed by atoms with Crippen molar-refractivity contribution in [2.24, 2.45) is 5.92 Å². The third kappa shape index (κ3) is 2.81. The maximum Gasteiger partial charge on any atom is 0.519 e. The van der Waals surface area contributed by atoms with Gasteiger partial charge in [-0.05, 0) is 62.5 Å². The van der Waals surface area contributed by atoms with E-state index in [1.807, 2.05) is 6.07 Å². The minimum Gasteiger partial charge on any atom is -0.477 e. The van der Waals surface area contributed by atoms with Crippen LogP contribution in [-0.2, 0) is 16.6 Å². The molecular weight excluding hydrogens is 428 g/mol. The van der Waals surface area contributed by atoms with Gasteiger partial charge < -0.3 is 19.1 Å². The Morgan fingerprint density at radius 1 is 1.21 bits per heavy atom. The number of likely N-dealkylation sites (tertiary alicyclic amines) is 1. The number of benzene rings is 2. The number of hydrogen-bond donors (Lipinski definition) is 0. The van der Waals surface area contributed by atoms with Gasteiger partial charge in [0.1, 0.15) is 5.75 Å². The predicted octanol–water partition coefficient (Wildman–Crippen LogP) is 3.41. The Morgan fingerprint density at radius 2 is 2.00 bits per heavy atom. The summed E-state index contributed by atoms with van der Waals surface area (Å²) in [4.78, 5) is 38.1. The van der Waals surface area contributed by atoms with Gasteiger partial charge in [0.2, 0.25) is 0 Å². The molecule has 6 rings (SSSR count). The van der Waals surface area contributed by atoms with E-state index < -0.39 is 17.2 Å². The third-order valence-corrected chi connectivity index (χ3v) is 7.81. The van der Waals surface area contributed by atoms with Crippen LogP contribution in [0.4, 0.5) is 10.5 Å². The normalized spacial score (nSPS) is 29.1. The van der Waals surface area contributed by atoms with Gasteiger partial charge in [0, 0.05) is 35.6 Å². The zero-order chi connectivity index (χ0) is 22.9. The molecule has 2 aromatic carbocycles. The van der Waals surface area contributed by atoms with Gasteiger partial charge in [-0.1, -0.05) is 6.07 Å². The lowest BCUT2D eigenvalue weighted by Gasteiger charge is -2.57. The lowest BCUT2D eigenvalue weighted by molar-refractivity contribution is -0.384. The van der Waals surface area contributed by atoms with E-state index in [0.717, 1.165) is 36.9 Å². The number of hydrogen-bond acceptors (Lipinski definition) is 8. The van der Waals surface area contributed by atoms with E-state index in [-0.39, 0.29) is 28.4 Å². The number of nitro groups is 1. The second kappa shape index (κ2) is 7.02. The van der Waals surface area contributed by atoms with Crippen LogP contribution in [0.15, 0.2) is 36.4 Å². The summed E-state index contributed by atoms with van der Waals surface area (Å²) in [5, 5.41) is 10.8. The first-order chi connectivity index (χ1) is 15.9. The molecule has 2 aliphatic heterocycles. The molecule has 4 aliphatic rings. The third-order valence-electron chi connectivity index (χ3n) is 7.81. The van der Waals surface area contributed by atoms with Crippen LogP contribution in [0, 0.1) is 16.0 Å². The lowest BCUT2D eigenvalue weighted by Crippen LogP contribution is -2.65. The van der Waals surface area contributed by atoms with E-state index in [1.165, 1.54) is 24.3 Å². The molecule has 1 saturated carbocycles. The van der Waals surface area contributed by atoms with Gasteiger partial charge in [0.15, 0.2) is 23.4 Å². The fourth-order valence-electron chi connectivity index (χ4n) is 6.43. The molecular formula is C24H22N2O7. The molecule has 2 aliphatic carbocycles. The van der Waals surface area contributed by atoms with Crippen molar-refractivity contribution in [1.82, 2.24) is 4.90 Å². The van der Waals surface area contributed by atoms with Crippen molar-refractivity contribution in [3.63, 3.8) is 0 Å². The summed E-state index contributed by atoms with van der Waals surface area (Å²) in [7, 11) is 2.15. The first-order valence-corrected chi connectivity index (χ1v) is 11.1. The Morgan fingerprint density at radius 3 is 2.76 bits per heavy atom. The summed E-state index contributed by atoms with van der Waals surface area (Å²) in [6, 6.07) is 9.18. The Bertz CT molecular complexity index is 1190. The van der Waals surface area contributed by atoms with Gasteiger partial charge in [-0.15, -0.1) is 0 Å². The zero-order valence-corrected chi connectivity index (χ0v) is 18.0. The van der Waals surface area contributed by atoms with Crippen LogP contribution in [0.2, 0.25) is 0 Å². The first kappa shape index (κ1) is 20.2. The summed E-state index contributed by atoms with van der Waals surface area (Å²) >= 11 is 0. The summed E-state index contributed by atoms with van der Waals surface area (Å²) < 4.78 is 17.0. The highest BCUT2D eigenvalue weighted by Gasteiger charge is 2.65. The molecule has 1 spiro atoms. The van der Waals surface area contributed by atoms with Crippen LogP contribution in [0.5, 0.6) is 17.2 Å². The number of ether oxygens (including phenoxy) is 3. The molecule has 2 bridgehead atoms. The molecule has 4 unspecified atom stereocenters. The number of rotatable bonds is 3.